The fourth-order valence-corrected chi connectivity index (χ4v) is 1.86. The molecule has 11 heteroatoms. The van der Waals surface area contributed by atoms with E-state index >= 15 is 0 Å². The first-order chi connectivity index (χ1) is 9.81. The van der Waals surface area contributed by atoms with Gasteiger partial charge in [0.2, 0.25) is 0 Å². The molecule has 1 rings (SSSR count). The SMILES string of the molecule is NCCCC[C@H](Nc1cnn(COP(=O)(O)O)c1)C(=O)O. The number of carboxylic acids is 1. The number of nitrogens with two attached hydrogens (primary N) is 1. The number of phosphoric ester groups is 1. The summed E-state index contributed by atoms with van der Waals surface area (Å²) in [5, 5.41) is 15.7. The minimum atomic E-state index is -4.57. The van der Waals surface area contributed by atoms with Gasteiger partial charge in [0, 0.05) is 0 Å². The van der Waals surface area contributed by atoms with E-state index in [1.807, 2.05) is 0 Å². The predicted octanol–water partition coefficient (Wildman–Crippen LogP) is -0.0560. The molecule has 0 amide bonds. The highest BCUT2D eigenvalue weighted by Crippen LogP contribution is 2.36. The van der Waals surface area contributed by atoms with Crippen molar-refractivity contribution in [2.24, 2.45) is 5.73 Å². The van der Waals surface area contributed by atoms with Gasteiger partial charge in [0.1, 0.15) is 6.04 Å². The van der Waals surface area contributed by atoms with Crippen LogP contribution in [0.5, 0.6) is 0 Å². The van der Waals surface area contributed by atoms with Crippen LogP contribution in [-0.2, 0) is 20.6 Å². The average molecular weight is 322 g/mol. The molecule has 0 unspecified atom stereocenters. The first-order valence-electron chi connectivity index (χ1n) is 6.24. The van der Waals surface area contributed by atoms with Gasteiger partial charge in [0.15, 0.2) is 6.73 Å². The van der Waals surface area contributed by atoms with Crippen LogP contribution in [0, 0.1) is 0 Å². The molecule has 1 heterocycles. The maximum Gasteiger partial charge on any atom is 0.471 e. The van der Waals surface area contributed by atoms with Crippen LogP contribution < -0.4 is 11.1 Å². The molecular formula is C10H19N4O6P. The van der Waals surface area contributed by atoms with Gasteiger partial charge in [-0.25, -0.2) is 14.0 Å². The van der Waals surface area contributed by atoms with Crippen molar-refractivity contribution < 1.29 is 28.8 Å². The monoisotopic (exact) mass is 322 g/mol. The molecule has 6 N–H and O–H groups in total. The van der Waals surface area contributed by atoms with Crippen LogP contribution in [0.25, 0.3) is 0 Å². The summed E-state index contributed by atoms with van der Waals surface area (Å²) in [6.07, 6.45) is 4.57. The first kappa shape index (κ1) is 17.6. The van der Waals surface area contributed by atoms with Gasteiger partial charge in [0.25, 0.3) is 0 Å². The molecule has 0 fully saturated rings. The average Bonchev–Trinajstić information content (AvgIpc) is 2.82. The number of rotatable bonds is 10. The molecule has 0 saturated carbocycles. The molecule has 1 aromatic heterocycles. The van der Waals surface area contributed by atoms with Gasteiger partial charge in [-0.05, 0) is 25.8 Å². The van der Waals surface area contributed by atoms with E-state index in [4.69, 9.17) is 20.6 Å². The smallest absolute Gasteiger partial charge is 0.471 e. The minimum absolute atomic E-state index is 0.413. The highest BCUT2D eigenvalue weighted by molar-refractivity contribution is 7.46. The summed E-state index contributed by atoms with van der Waals surface area (Å²) in [6, 6.07) is -0.781. The van der Waals surface area contributed by atoms with Crippen molar-refractivity contribution >= 4 is 19.5 Å². The Hall–Kier alpha value is -1.45. The molecule has 0 radical (unpaired) electrons. The van der Waals surface area contributed by atoms with Crippen LogP contribution in [0.3, 0.4) is 0 Å². The van der Waals surface area contributed by atoms with Crippen LogP contribution >= 0.6 is 7.82 Å². The van der Waals surface area contributed by atoms with E-state index in [2.05, 4.69) is 14.9 Å². The zero-order chi connectivity index (χ0) is 15.9. The second-order valence-electron chi connectivity index (χ2n) is 4.34. The Morgan fingerprint density at radius 1 is 1.52 bits per heavy atom. The summed E-state index contributed by atoms with van der Waals surface area (Å²) in [5.74, 6) is -0.994. The number of aromatic nitrogens is 2. The lowest BCUT2D eigenvalue weighted by molar-refractivity contribution is -0.138. The van der Waals surface area contributed by atoms with E-state index in [1.54, 1.807) is 0 Å². The van der Waals surface area contributed by atoms with Crippen LogP contribution in [0.4, 0.5) is 5.69 Å². The Balaban J connectivity index is 2.54. The van der Waals surface area contributed by atoms with E-state index in [1.165, 1.54) is 12.4 Å². The summed E-state index contributed by atoms with van der Waals surface area (Å²) in [4.78, 5) is 28.3. The number of carboxylic acid groups (broad SMARTS) is 1. The molecule has 120 valence electrons. The Morgan fingerprint density at radius 2 is 2.24 bits per heavy atom. The maximum atomic E-state index is 11.1. The largest absolute Gasteiger partial charge is 0.480 e. The Bertz CT molecular complexity index is 501. The Morgan fingerprint density at radius 3 is 2.81 bits per heavy atom. The third-order valence-corrected chi connectivity index (χ3v) is 3.03. The topological polar surface area (TPSA) is 160 Å². The van der Waals surface area contributed by atoms with Crippen LogP contribution in [-0.4, -0.2) is 43.2 Å². The normalized spacial score (nSPS) is 13.1. The molecule has 0 aliphatic rings. The lowest BCUT2D eigenvalue weighted by Crippen LogP contribution is -2.29. The third-order valence-electron chi connectivity index (χ3n) is 2.58. The highest BCUT2D eigenvalue weighted by Gasteiger charge is 2.18. The number of anilines is 1. The molecule has 0 aromatic carbocycles. The Kier molecular flexibility index (Phi) is 6.79. The van der Waals surface area contributed by atoms with E-state index < -0.39 is 26.6 Å². The van der Waals surface area contributed by atoms with E-state index in [-0.39, 0.29) is 0 Å². The minimum Gasteiger partial charge on any atom is -0.480 e. The van der Waals surface area contributed by atoms with Crippen molar-refractivity contribution in [2.45, 2.75) is 32.0 Å². The maximum absolute atomic E-state index is 11.1. The molecule has 21 heavy (non-hydrogen) atoms. The molecule has 0 aliphatic carbocycles. The molecule has 10 nitrogen and oxygen atoms in total. The molecule has 0 spiro atoms. The van der Waals surface area contributed by atoms with Crippen molar-refractivity contribution in [2.75, 3.05) is 11.9 Å². The molecular weight excluding hydrogens is 303 g/mol. The highest BCUT2D eigenvalue weighted by atomic mass is 31.2. The zero-order valence-corrected chi connectivity index (χ0v) is 12.1. The first-order valence-corrected chi connectivity index (χ1v) is 7.77. The van der Waals surface area contributed by atoms with Gasteiger partial charge in [0.05, 0.1) is 18.1 Å². The number of phosphoric acid groups is 1. The lowest BCUT2D eigenvalue weighted by atomic mass is 10.1. The van der Waals surface area contributed by atoms with Crippen molar-refractivity contribution in [3.63, 3.8) is 0 Å². The predicted molar refractivity (Wildman–Crippen MR) is 73.3 cm³/mol. The number of nitrogens with one attached hydrogen (secondary N) is 1. The van der Waals surface area contributed by atoms with E-state index in [0.717, 1.165) is 11.1 Å². The van der Waals surface area contributed by atoms with Crippen LogP contribution in [0.15, 0.2) is 12.4 Å². The summed E-state index contributed by atoms with van der Waals surface area (Å²) in [5.41, 5.74) is 5.78. The van der Waals surface area contributed by atoms with Gasteiger partial charge in [-0.15, -0.1) is 0 Å². The number of unbranched alkanes of at least 4 members (excludes halogenated alkanes) is 1. The standard InChI is InChI=1S/C10H19N4O6P/c11-4-2-1-3-9(10(15)16)13-8-5-12-14(6-8)7-20-21(17,18)19/h5-6,9,13H,1-4,7,11H2,(H,15,16)(H2,17,18,19)/t9-/m0/s1. The fraction of sp³-hybridized carbons (Fsp3) is 0.600. The van der Waals surface area contributed by atoms with Gasteiger partial charge in [-0.3, -0.25) is 4.52 Å². The number of carbonyl (C=O) groups is 1. The van der Waals surface area contributed by atoms with Gasteiger partial charge >= 0.3 is 13.8 Å². The third kappa shape index (κ3) is 7.21. The van der Waals surface area contributed by atoms with Crippen LogP contribution in [0.2, 0.25) is 0 Å². The second kappa shape index (κ2) is 8.11. The number of aliphatic carboxylic acids is 1. The summed E-state index contributed by atoms with van der Waals surface area (Å²) < 4.78 is 16.0. The van der Waals surface area contributed by atoms with Crippen molar-refractivity contribution in [1.29, 1.82) is 0 Å². The van der Waals surface area contributed by atoms with Crippen molar-refractivity contribution in [1.82, 2.24) is 9.78 Å². The van der Waals surface area contributed by atoms with E-state index in [9.17, 15) is 9.36 Å². The molecule has 1 aromatic rings. The number of nitrogens with zero attached hydrogens (tertiary/aromatic N) is 2. The molecule has 0 saturated heterocycles. The van der Waals surface area contributed by atoms with Crippen molar-refractivity contribution in [3.05, 3.63) is 12.4 Å². The van der Waals surface area contributed by atoms with E-state index in [0.29, 0.717) is 25.1 Å². The second-order valence-corrected chi connectivity index (χ2v) is 5.58. The number of hydrogen-bond donors (Lipinski definition) is 5. The lowest BCUT2D eigenvalue weighted by Gasteiger charge is -2.13. The molecule has 0 bridgehead atoms. The van der Waals surface area contributed by atoms with Gasteiger partial charge < -0.3 is 25.9 Å². The van der Waals surface area contributed by atoms with Crippen LogP contribution in [0.1, 0.15) is 19.3 Å². The van der Waals surface area contributed by atoms with Gasteiger partial charge in [-0.2, -0.15) is 5.10 Å². The van der Waals surface area contributed by atoms with Gasteiger partial charge in [-0.1, -0.05) is 0 Å². The molecule has 1 atom stereocenters. The Labute approximate surface area is 121 Å². The molecule has 0 aliphatic heterocycles. The zero-order valence-electron chi connectivity index (χ0n) is 11.3. The summed E-state index contributed by atoms with van der Waals surface area (Å²) in [6.45, 7) is 0.0703. The number of hydrogen-bond acceptors (Lipinski definition) is 6. The van der Waals surface area contributed by atoms with Crippen molar-refractivity contribution in [3.8, 4) is 0 Å². The summed E-state index contributed by atoms with van der Waals surface area (Å²) in [7, 11) is -4.57. The quantitative estimate of drug-likeness (QED) is 0.294. The summed E-state index contributed by atoms with van der Waals surface area (Å²) >= 11 is 0. The fourth-order valence-electron chi connectivity index (χ4n) is 1.59.